The maximum absolute atomic E-state index is 12.9. The highest BCUT2D eigenvalue weighted by Crippen LogP contribution is 2.30. The van der Waals surface area contributed by atoms with E-state index in [0.29, 0.717) is 11.5 Å². The summed E-state index contributed by atoms with van der Waals surface area (Å²) in [7, 11) is 0. The molecule has 0 aliphatic carbocycles. The number of hydrogen-bond acceptors (Lipinski definition) is 3. The summed E-state index contributed by atoms with van der Waals surface area (Å²) in [5.41, 5.74) is 2.66. The first-order valence-electron chi connectivity index (χ1n) is 8.08. The van der Waals surface area contributed by atoms with Gasteiger partial charge in [0.1, 0.15) is 5.82 Å². The van der Waals surface area contributed by atoms with E-state index in [2.05, 4.69) is 43.7 Å². The average molecular weight is 309 g/mol. The maximum Gasteiger partial charge on any atom is 0.261 e. The van der Waals surface area contributed by atoms with Gasteiger partial charge in [0.25, 0.3) is 5.91 Å². The number of para-hydroxylation sites is 1. The van der Waals surface area contributed by atoms with Crippen LogP contribution in [-0.4, -0.2) is 22.4 Å². The molecule has 4 heteroatoms. The minimum absolute atomic E-state index is 0.0236. The summed E-state index contributed by atoms with van der Waals surface area (Å²) >= 11 is 0. The number of amides is 1. The van der Waals surface area contributed by atoms with Crippen molar-refractivity contribution in [3.05, 3.63) is 53.6 Å². The summed E-state index contributed by atoms with van der Waals surface area (Å²) in [6, 6.07) is 8.13. The van der Waals surface area contributed by atoms with Crippen molar-refractivity contribution in [1.82, 2.24) is 9.97 Å². The van der Waals surface area contributed by atoms with Crippen LogP contribution in [0.5, 0.6) is 0 Å². The Morgan fingerprint density at radius 1 is 1.17 bits per heavy atom. The quantitative estimate of drug-likeness (QED) is 0.808. The number of aromatic nitrogens is 2. The molecule has 1 atom stereocenters. The van der Waals surface area contributed by atoms with Crippen LogP contribution in [0, 0.1) is 5.92 Å². The number of fused-ring (bicyclic) bond motifs is 1. The van der Waals surface area contributed by atoms with Crippen molar-refractivity contribution in [2.75, 3.05) is 11.4 Å². The molecule has 1 aliphatic rings. The van der Waals surface area contributed by atoms with Gasteiger partial charge in [0, 0.05) is 30.0 Å². The molecule has 4 nitrogen and oxygen atoms in total. The van der Waals surface area contributed by atoms with Crippen molar-refractivity contribution in [3.63, 3.8) is 0 Å². The molecule has 2 aromatic rings. The molecule has 0 spiro atoms. The third-order valence-corrected chi connectivity index (χ3v) is 4.16. The number of nitrogens with zero attached hydrogens (tertiary/aromatic N) is 3. The largest absolute Gasteiger partial charge is 0.308 e. The van der Waals surface area contributed by atoms with Crippen LogP contribution in [0.4, 0.5) is 5.69 Å². The van der Waals surface area contributed by atoms with E-state index in [0.717, 1.165) is 24.5 Å². The van der Waals surface area contributed by atoms with Crippen LogP contribution in [0.15, 0.2) is 36.7 Å². The zero-order chi connectivity index (χ0) is 16.6. The molecule has 0 N–H and O–H groups in total. The number of carbonyl (C=O) groups is 1. The first-order chi connectivity index (χ1) is 10.9. The first kappa shape index (κ1) is 15.7. The number of anilines is 1. The lowest BCUT2D eigenvalue weighted by atomic mass is 9.93. The van der Waals surface area contributed by atoms with Gasteiger partial charge in [-0.05, 0) is 24.0 Å². The molecular formula is C19H23N3O. The van der Waals surface area contributed by atoms with Crippen LogP contribution >= 0.6 is 0 Å². The van der Waals surface area contributed by atoms with Crippen LogP contribution in [-0.2, 0) is 11.8 Å². The van der Waals surface area contributed by atoms with Crippen molar-refractivity contribution in [2.24, 2.45) is 5.92 Å². The standard InChI is InChI=1S/C19H23N3O/c1-13-9-14-7-5-6-8-16(14)22(12-13)17(23)15-10-20-18(21-11-15)19(2,3)4/h5-8,10-11,13H,9,12H2,1-4H3. The fourth-order valence-corrected chi connectivity index (χ4v) is 2.97. The van der Waals surface area contributed by atoms with Crippen LogP contribution in [0.1, 0.15) is 49.4 Å². The Kier molecular flexibility index (Phi) is 3.92. The number of benzene rings is 1. The molecule has 0 radical (unpaired) electrons. The van der Waals surface area contributed by atoms with Gasteiger partial charge >= 0.3 is 0 Å². The zero-order valence-corrected chi connectivity index (χ0v) is 14.2. The highest BCUT2D eigenvalue weighted by molar-refractivity contribution is 6.06. The minimum atomic E-state index is -0.117. The molecule has 0 bridgehead atoms. The second-order valence-corrected chi connectivity index (χ2v) is 7.40. The second kappa shape index (κ2) is 5.76. The molecule has 23 heavy (non-hydrogen) atoms. The summed E-state index contributed by atoms with van der Waals surface area (Å²) in [4.78, 5) is 23.5. The van der Waals surface area contributed by atoms with Crippen molar-refractivity contribution in [3.8, 4) is 0 Å². The van der Waals surface area contributed by atoms with Gasteiger partial charge < -0.3 is 4.90 Å². The van der Waals surface area contributed by atoms with Crippen LogP contribution in [0.2, 0.25) is 0 Å². The maximum atomic E-state index is 12.9. The molecule has 1 unspecified atom stereocenters. The van der Waals surface area contributed by atoms with E-state index in [1.54, 1.807) is 12.4 Å². The molecule has 1 aromatic carbocycles. The van der Waals surface area contributed by atoms with E-state index in [9.17, 15) is 4.79 Å². The molecule has 0 fully saturated rings. The molecule has 1 aliphatic heterocycles. The molecule has 3 rings (SSSR count). The van der Waals surface area contributed by atoms with E-state index < -0.39 is 0 Å². The molecule has 2 heterocycles. The lowest BCUT2D eigenvalue weighted by Gasteiger charge is -2.33. The Bertz CT molecular complexity index is 716. The predicted molar refractivity (Wildman–Crippen MR) is 91.7 cm³/mol. The number of carbonyl (C=O) groups excluding carboxylic acids is 1. The molecule has 1 amide bonds. The van der Waals surface area contributed by atoms with Crippen LogP contribution in [0.3, 0.4) is 0 Å². The van der Waals surface area contributed by atoms with Gasteiger partial charge in [0.05, 0.1) is 5.56 Å². The zero-order valence-electron chi connectivity index (χ0n) is 14.2. The monoisotopic (exact) mass is 309 g/mol. The number of hydrogen-bond donors (Lipinski definition) is 0. The smallest absolute Gasteiger partial charge is 0.261 e. The highest BCUT2D eigenvalue weighted by Gasteiger charge is 2.27. The van der Waals surface area contributed by atoms with Crippen LogP contribution in [0.25, 0.3) is 0 Å². The lowest BCUT2D eigenvalue weighted by Crippen LogP contribution is -2.39. The summed E-state index contributed by atoms with van der Waals surface area (Å²) in [5, 5.41) is 0. The van der Waals surface area contributed by atoms with E-state index in [1.165, 1.54) is 5.56 Å². The normalized spacial score (nSPS) is 17.7. The Morgan fingerprint density at radius 2 is 1.83 bits per heavy atom. The third kappa shape index (κ3) is 3.11. The Hall–Kier alpha value is -2.23. The summed E-state index contributed by atoms with van der Waals surface area (Å²) in [6.45, 7) is 9.09. The summed E-state index contributed by atoms with van der Waals surface area (Å²) in [5.74, 6) is 1.18. The van der Waals surface area contributed by atoms with Gasteiger partial charge in [-0.25, -0.2) is 9.97 Å². The molecule has 120 valence electrons. The van der Waals surface area contributed by atoms with Gasteiger partial charge in [-0.3, -0.25) is 4.79 Å². The highest BCUT2D eigenvalue weighted by atomic mass is 16.2. The van der Waals surface area contributed by atoms with Crippen LogP contribution < -0.4 is 4.90 Å². The molecule has 0 saturated heterocycles. The third-order valence-electron chi connectivity index (χ3n) is 4.16. The minimum Gasteiger partial charge on any atom is -0.308 e. The Balaban J connectivity index is 1.92. The predicted octanol–water partition coefficient (Wildman–Crippen LogP) is 3.61. The van der Waals surface area contributed by atoms with Gasteiger partial charge in [-0.2, -0.15) is 0 Å². The van der Waals surface area contributed by atoms with Gasteiger partial charge in [-0.1, -0.05) is 45.9 Å². The molecule has 0 saturated carbocycles. The average Bonchev–Trinajstić information content (AvgIpc) is 2.52. The van der Waals surface area contributed by atoms with E-state index in [1.807, 2.05) is 23.1 Å². The first-order valence-corrected chi connectivity index (χ1v) is 8.08. The topological polar surface area (TPSA) is 46.1 Å². The second-order valence-electron chi connectivity index (χ2n) is 7.40. The van der Waals surface area contributed by atoms with Gasteiger partial charge in [0.15, 0.2) is 0 Å². The van der Waals surface area contributed by atoms with Gasteiger partial charge in [0.2, 0.25) is 0 Å². The van der Waals surface area contributed by atoms with E-state index >= 15 is 0 Å². The van der Waals surface area contributed by atoms with E-state index in [-0.39, 0.29) is 11.3 Å². The summed E-state index contributed by atoms with van der Waals surface area (Å²) in [6.07, 6.45) is 4.31. The van der Waals surface area contributed by atoms with Gasteiger partial charge in [-0.15, -0.1) is 0 Å². The summed E-state index contributed by atoms with van der Waals surface area (Å²) < 4.78 is 0. The van der Waals surface area contributed by atoms with E-state index in [4.69, 9.17) is 0 Å². The van der Waals surface area contributed by atoms with Crippen molar-refractivity contribution >= 4 is 11.6 Å². The SMILES string of the molecule is CC1Cc2ccccc2N(C(=O)c2cnc(C(C)(C)C)nc2)C1. The fourth-order valence-electron chi connectivity index (χ4n) is 2.97. The lowest BCUT2D eigenvalue weighted by molar-refractivity contribution is 0.0980. The Labute approximate surface area is 137 Å². The fraction of sp³-hybridized carbons (Fsp3) is 0.421. The van der Waals surface area contributed by atoms with Crippen molar-refractivity contribution in [1.29, 1.82) is 0 Å². The molecular weight excluding hydrogens is 286 g/mol. The number of rotatable bonds is 1. The van der Waals surface area contributed by atoms with Crippen molar-refractivity contribution < 1.29 is 4.79 Å². The Morgan fingerprint density at radius 3 is 2.48 bits per heavy atom. The molecule has 1 aromatic heterocycles. The van der Waals surface area contributed by atoms with Crippen molar-refractivity contribution in [2.45, 2.75) is 39.5 Å².